The van der Waals surface area contributed by atoms with E-state index in [4.69, 9.17) is 16.3 Å². The molecule has 4 amide bonds. The summed E-state index contributed by atoms with van der Waals surface area (Å²) in [6.07, 6.45) is 0. The van der Waals surface area contributed by atoms with Crippen LogP contribution in [0, 0.1) is 0 Å². The van der Waals surface area contributed by atoms with Crippen molar-refractivity contribution in [3.8, 4) is 5.75 Å². The number of imide groups is 1. The molecular formula is C23H26ClN5O4. The lowest BCUT2D eigenvalue weighted by molar-refractivity contribution is -0.139. The molecule has 2 heterocycles. The second-order valence-electron chi connectivity index (χ2n) is 8.20. The summed E-state index contributed by atoms with van der Waals surface area (Å²) in [7, 11) is 1.55. The average molecular weight is 472 g/mol. The highest BCUT2D eigenvalue weighted by molar-refractivity contribution is 6.30. The van der Waals surface area contributed by atoms with Gasteiger partial charge in [-0.15, -0.1) is 0 Å². The van der Waals surface area contributed by atoms with Crippen molar-refractivity contribution in [3.63, 3.8) is 0 Å². The van der Waals surface area contributed by atoms with Crippen molar-refractivity contribution >= 4 is 35.1 Å². The lowest BCUT2D eigenvalue weighted by Gasteiger charge is -2.35. The number of piperazine rings is 1. The van der Waals surface area contributed by atoms with Crippen LogP contribution in [-0.4, -0.2) is 67.6 Å². The summed E-state index contributed by atoms with van der Waals surface area (Å²) < 4.78 is 5.14. The Balaban J connectivity index is 1.32. The summed E-state index contributed by atoms with van der Waals surface area (Å²) in [4.78, 5) is 42.3. The molecule has 2 aromatic rings. The van der Waals surface area contributed by atoms with Crippen LogP contribution in [0.25, 0.3) is 0 Å². The fraction of sp³-hybridized carbons (Fsp3) is 0.348. The highest BCUT2D eigenvalue weighted by Crippen LogP contribution is 2.29. The van der Waals surface area contributed by atoms with Crippen LogP contribution >= 0.6 is 11.6 Å². The third-order valence-corrected chi connectivity index (χ3v) is 6.28. The molecule has 10 heteroatoms. The minimum atomic E-state index is -1.28. The Labute approximate surface area is 197 Å². The fourth-order valence-corrected chi connectivity index (χ4v) is 4.17. The maximum Gasteiger partial charge on any atom is 0.344 e. The summed E-state index contributed by atoms with van der Waals surface area (Å²) in [5.74, 6) is -0.323. The Morgan fingerprint density at radius 1 is 1.06 bits per heavy atom. The first-order valence-electron chi connectivity index (χ1n) is 10.6. The highest BCUT2D eigenvalue weighted by atomic mass is 35.5. The molecular weight excluding hydrogens is 446 g/mol. The van der Waals surface area contributed by atoms with Crippen LogP contribution in [0.1, 0.15) is 12.5 Å². The summed E-state index contributed by atoms with van der Waals surface area (Å²) >= 11 is 5.95. The normalized spacial score (nSPS) is 21.2. The van der Waals surface area contributed by atoms with Gasteiger partial charge in [0.2, 0.25) is 0 Å². The van der Waals surface area contributed by atoms with Gasteiger partial charge in [-0.05, 0) is 48.9 Å². The van der Waals surface area contributed by atoms with Gasteiger partial charge in [-0.25, -0.2) is 4.79 Å². The van der Waals surface area contributed by atoms with Gasteiger partial charge in [0.1, 0.15) is 11.3 Å². The van der Waals surface area contributed by atoms with E-state index in [0.29, 0.717) is 29.4 Å². The quantitative estimate of drug-likeness (QED) is 0.626. The Bertz CT molecular complexity index is 1040. The molecule has 0 aromatic heterocycles. The molecule has 2 aliphatic heterocycles. The van der Waals surface area contributed by atoms with Crippen molar-refractivity contribution in [1.82, 2.24) is 20.7 Å². The topological polar surface area (TPSA) is 94.2 Å². The molecule has 0 bridgehead atoms. The monoisotopic (exact) mass is 471 g/mol. The smallest absolute Gasteiger partial charge is 0.344 e. The second kappa shape index (κ2) is 9.29. The lowest BCUT2D eigenvalue weighted by Crippen LogP contribution is -2.53. The van der Waals surface area contributed by atoms with Gasteiger partial charge in [0.05, 0.1) is 13.7 Å². The Kier molecular flexibility index (Phi) is 6.44. The predicted octanol–water partition coefficient (Wildman–Crippen LogP) is 1.97. The van der Waals surface area contributed by atoms with E-state index in [-0.39, 0.29) is 6.54 Å². The standard InChI is InChI=1S/C23H26ClN5O4/c1-23(16-3-9-19(33-2)10-4-16)21(31)29(22(32)25-23)26-20(30)15-27-11-13-28(14-12-27)18-7-5-17(24)6-8-18/h3-10H,11-15H2,1-2H3,(H,25,32)(H,26,30). The number of carbonyl (C=O) groups excluding carboxylic acids is 3. The van der Waals surface area contributed by atoms with Crippen molar-refractivity contribution in [2.75, 3.05) is 44.7 Å². The van der Waals surface area contributed by atoms with Crippen LogP contribution in [0.2, 0.25) is 5.02 Å². The van der Waals surface area contributed by atoms with E-state index >= 15 is 0 Å². The van der Waals surface area contributed by atoms with E-state index in [9.17, 15) is 14.4 Å². The summed E-state index contributed by atoms with van der Waals surface area (Å²) in [6, 6.07) is 13.8. The van der Waals surface area contributed by atoms with E-state index in [1.54, 1.807) is 38.3 Å². The molecule has 4 rings (SSSR count). The minimum Gasteiger partial charge on any atom is -0.497 e. The summed E-state index contributed by atoms with van der Waals surface area (Å²) in [5.41, 5.74) is 2.86. The molecule has 1 unspecified atom stereocenters. The number of nitrogens with one attached hydrogen (secondary N) is 2. The fourth-order valence-electron chi connectivity index (χ4n) is 4.04. The van der Waals surface area contributed by atoms with Crippen molar-refractivity contribution in [3.05, 3.63) is 59.1 Å². The third kappa shape index (κ3) is 4.74. The van der Waals surface area contributed by atoms with Gasteiger partial charge >= 0.3 is 6.03 Å². The Morgan fingerprint density at radius 2 is 1.70 bits per heavy atom. The van der Waals surface area contributed by atoms with Gasteiger partial charge in [-0.1, -0.05) is 23.7 Å². The predicted molar refractivity (Wildman–Crippen MR) is 124 cm³/mol. The van der Waals surface area contributed by atoms with Crippen LogP contribution in [0.4, 0.5) is 10.5 Å². The lowest BCUT2D eigenvalue weighted by atomic mass is 9.92. The first-order chi connectivity index (χ1) is 15.8. The van der Waals surface area contributed by atoms with Crippen LogP contribution in [0.3, 0.4) is 0 Å². The van der Waals surface area contributed by atoms with E-state index in [0.717, 1.165) is 23.8 Å². The van der Waals surface area contributed by atoms with Crippen molar-refractivity contribution in [2.24, 2.45) is 0 Å². The maximum atomic E-state index is 13.0. The first-order valence-corrected chi connectivity index (χ1v) is 11.0. The zero-order valence-electron chi connectivity index (χ0n) is 18.5. The van der Waals surface area contributed by atoms with Gasteiger partial charge in [-0.3, -0.25) is 19.9 Å². The molecule has 2 aromatic carbocycles. The van der Waals surface area contributed by atoms with Crippen LogP contribution in [0.15, 0.2) is 48.5 Å². The number of carbonyl (C=O) groups is 3. The van der Waals surface area contributed by atoms with Gasteiger partial charge in [0, 0.05) is 36.9 Å². The van der Waals surface area contributed by atoms with Gasteiger partial charge < -0.3 is 15.0 Å². The van der Waals surface area contributed by atoms with Gasteiger partial charge in [0.15, 0.2) is 0 Å². The van der Waals surface area contributed by atoms with E-state index in [1.807, 2.05) is 29.2 Å². The molecule has 1 atom stereocenters. The number of halogens is 1. The summed E-state index contributed by atoms with van der Waals surface area (Å²) in [6.45, 7) is 4.57. The first kappa shape index (κ1) is 22.9. The number of amides is 4. The van der Waals surface area contributed by atoms with Gasteiger partial charge in [0.25, 0.3) is 11.8 Å². The number of hydrogen-bond donors (Lipinski definition) is 2. The molecule has 0 radical (unpaired) electrons. The zero-order valence-corrected chi connectivity index (χ0v) is 19.3. The highest BCUT2D eigenvalue weighted by Gasteiger charge is 2.50. The molecule has 0 aliphatic carbocycles. The maximum absolute atomic E-state index is 13.0. The number of ether oxygens (including phenoxy) is 1. The van der Waals surface area contributed by atoms with Crippen molar-refractivity contribution in [1.29, 1.82) is 0 Å². The van der Waals surface area contributed by atoms with Crippen molar-refractivity contribution in [2.45, 2.75) is 12.5 Å². The number of anilines is 1. The molecule has 174 valence electrons. The molecule has 0 spiro atoms. The minimum absolute atomic E-state index is 0.0881. The van der Waals surface area contributed by atoms with Gasteiger partial charge in [-0.2, -0.15) is 5.01 Å². The number of benzene rings is 2. The third-order valence-electron chi connectivity index (χ3n) is 6.03. The number of hydrazine groups is 1. The largest absolute Gasteiger partial charge is 0.497 e. The van der Waals surface area contributed by atoms with E-state index < -0.39 is 23.4 Å². The van der Waals surface area contributed by atoms with Crippen LogP contribution in [-0.2, 0) is 15.1 Å². The Morgan fingerprint density at radius 3 is 2.30 bits per heavy atom. The molecule has 33 heavy (non-hydrogen) atoms. The van der Waals surface area contributed by atoms with Crippen LogP contribution < -0.4 is 20.4 Å². The molecule has 9 nitrogen and oxygen atoms in total. The Hall–Kier alpha value is -3.30. The van der Waals surface area contributed by atoms with Crippen molar-refractivity contribution < 1.29 is 19.1 Å². The number of methoxy groups -OCH3 is 1. The summed E-state index contributed by atoms with van der Waals surface area (Å²) in [5, 5.41) is 4.13. The number of rotatable bonds is 6. The molecule has 2 N–H and O–H groups in total. The number of nitrogens with zero attached hydrogens (tertiary/aromatic N) is 3. The van der Waals surface area contributed by atoms with E-state index in [2.05, 4.69) is 15.6 Å². The average Bonchev–Trinajstić information content (AvgIpc) is 3.04. The second-order valence-corrected chi connectivity index (χ2v) is 8.64. The zero-order chi connectivity index (χ0) is 23.6. The number of urea groups is 1. The number of hydrogen-bond acceptors (Lipinski definition) is 6. The molecule has 2 aliphatic rings. The van der Waals surface area contributed by atoms with Crippen LogP contribution in [0.5, 0.6) is 5.75 Å². The molecule has 0 saturated carbocycles. The SMILES string of the molecule is COc1ccc(C2(C)NC(=O)N(NC(=O)CN3CCN(c4ccc(Cl)cc4)CC3)C2=O)cc1. The van der Waals surface area contributed by atoms with E-state index in [1.165, 1.54) is 0 Å². The molecule has 2 fully saturated rings. The molecule has 2 saturated heterocycles.